The molecule has 140 valence electrons. The second kappa shape index (κ2) is 9.07. The van der Waals surface area contributed by atoms with E-state index in [0.29, 0.717) is 30.9 Å². The van der Waals surface area contributed by atoms with Gasteiger partial charge in [0.25, 0.3) is 5.91 Å². The van der Waals surface area contributed by atoms with Gasteiger partial charge >= 0.3 is 0 Å². The molecule has 2 aromatic rings. The van der Waals surface area contributed by atoms with Crippen LogP contribution in [0.15, 0.2) is 53.9 Å². The fourth-order valence-corrected chi connectivity index (χ4v) is 2.93. The molecule has 0 bridgehead atoms. The fourth-order valence-electron chi connectivity index (χ4n) is 2.93. The predicted molar refractivity (Wildman–Crippen MR) is 104 cm³/mol. The van der Waals surface area contributed by atoms with Crippen molar-refractivity contribution in [3.8, 4) is 0 Å². The molecule has 1 unspecified atom stereocenters. The summed E-state index contributed by atoms with van der Waals surface area (Å²) in [5.41, 5.74) is 6.35. The summed E-state index contributed by atoms with van der Waals surface area (Å²) in [6.07, 6.45) is 6.34. The van der Waals surface area contributed by atoms with Gasteiger partial charge in [-0.05, 0) is 42.0 Å². The molecule has 0 aliphatic carbocycles. The number of hydrogen-bond acceptors (Lipinski definition) is 4. The molecule has 1 aromatic heterocycles. The van der Waals surface area contributed by atoms with E-state index in [-0.39, 0.29) is 11.8 Å². The number of carbonyl (C=O) groups is 2. The van der Waals surface area contributed by atoms with Gasteiger partial charge in [0.2, 0.25) is 5.91 Å². The number of aromatic nitrogens is 1. The molecule has 0 fully saturated rings. The van der Waals surface area contributed by atoms with Crippen molar-refractivity contribution in [3.05, 3.63) is 65.5 Å². The summed E-state index contributed by atoms with van der Waals surface area (Å²) in [7, 11) is 0. The Morgan fingerprint density at radius 3 is 2.70 bits per heavy atom. The van der Waals surface area contributed by atoms with E-state index < -0.39 is 0 Å². The first-order chi connectivity index (χ1) is 13.1. The van der Waals surface area contributed by atoms with Crippen LogP contribution in [-0.4, -0.2) is 29.1 Å². The highest BCUT2D eigenvalue weighted by atomic mass is 16.2. The van der Waals surface area contributed by atoms with E-state index in [9.17, 15) is 9.59 Å². The highest BCUT2D eigenvalue weighted by molar-refractivity contribution is 6.04. The maximum Gasteiger partial charge on any atom is 0.252 e. The second-order valence-electron chi connectivity index (χ2n) is 6.89. The summed E-state index contributed by atoms with van der Waals surface area (Å²) in [4.78, 5) is 27.2. The number of aryl methyl sites for hydroxylation is 1. The average molecular weight is 364 g/mol. The Kier molecular flexibility index (Phi) is 6.30. The van der Waals surface area contributed by atoms with Crippen LogP contribution in [0.4, 0.5) is 0 Å². The molecule has 27 heavy (non-hydrogen) atoms. The third kappa shape index (κ3) is 5.48. The van der Waals surface area contributed by atoms with Crippen molar-refractivity contribution in [1.29, 1.82) is 0 Å². The molecule has 0 spiro atoms. The Hall–Kier alpha value is -3.02. The summed E-state index contributed by atoms with van der Waals surface area (Å²) in [6.45, 7) is 2.78. The van der Waals surface area contributed by atoms with Gasteiger partial charge in [-0.1, -0.05) is 31.2 Å². The van der Waals surface area contributed by atoms with E-state index in [1.165, 1.54) is 5.56 Å². The lowest BCUT2D eigenvalue weighted by Crippen LogP contribution is -2.28. The zero-order valence-electron chi connectivity index (χ0n) is 15.4. The molecule has 1 aromatic carbocycles. The maximum atomic E-state index is 12.0. The monoisotopic (exact) mass is 364 g/mol. The van der Waals surface area contributed by atoms with Crippen LogP contribution < -0.4 is 10.7 Å². The molecule has 0 saturated heterocycles. The van der Waals surface area contributed by atoms with Gasteiger partial charge in [-0.2, -0.15) is 5.10 Å². The molecule has 2 N–H and O–H groups in total. The lowest BCUT2D eigenvalue weighted by Gasteiger charge is -2.14. The van der Waals surface area contributed by atoms with Gasteiger partial charge in [0.15, 0.2) is 0 Å². The number of nitrogens with one attached hydrogen (secondary N) is 2. The normalized spacial score (nSPS) is 14.9. The quantitative estimate of drug-likeness (QED) is 0.792. The van der Waals surface area contributed by atoms with Gasteiger partial charge in [-0.25, -0.2) is 5.43 Å². The van der Waals surface area contributed by atoms with Crippen LogP contribution in [0.1, 0.15) is 47.7 Å². The van der Waals surface area contributed by atoms with E-state index in [1.54, 1.807) is 24.5 Å². The summed E-state index contributed by atoms with van der Waals surface area (Å²) < 4.78 is 0. The van der Waals surface area contributed by atoms with E-state index in [1.807, 2.05) is 0 Å². The molecule has 6 heteroatoms. The van der Waals surface area contributed by atoms with Crippen molar-refractivity contribution < 1.29 is 9.59 Å². The number of benzene rings is 1. The molecule has 6 nitrogen and oxygen atoms in total. The molecule has 0 radical (unpaired) electrons. The number of carbonyl (C=O) groups excluding carboxylic acids is 2. The van der Waals surface area contributed by atoms with E-state index in [2.05, 4.69) is 52.0 Å². The SMILES string of the molecule is CC(CCc1ccc(C2=NNC(=O)CC2)cc1)CNC(=O)c1cccnc1. The Morgan fingerprint density at radius 1 is 1.22 bits per heavy atom. The van der Waals surface area contributed by atoms with Crippen molar-refractivity contribution in [2.75, 3.05) is 6.54 Å². The average Bonchev–Trinajstić information content (AvgIpc) is 2.72. The van der Waals surface area contributed by atoms with Gasteiger partial charge < -0.3 is 5.32 Å². The third-order valence-corrected chi connectivity index (χ3v) is 4.65. The van der Waals surface area contributed by atoms with Crippen LogP contribution in [0.3, 0.4) is 0 Å². The van der Waals surface area contributed by atoms with Gasteiger partial charge in [0, 0.05) is 31.8 Å². The minimum Gasteiger partial charge on any atom is -0.352 e. The molecular weight excluding hydrogens is 340 g/mol. The van der Waals surface area contributed by atoms with Crippen LogP contribution in [0.5, 0.6) is 0 Å². The van der Waals surface area contributed by atoms with Gasteiger partial charge in [0.1, 0.15) is 0 Å². The number of pyridine rings is 1. The Balaban J connectivity index is 1.44. The second-order valence-corrected chi connectivity index (χ2v) is 6.89. The minimum absolute atomic E-state index is 0.0278. The number of amides is 2. The van der Waals surface area contributed by atoms with E-state index in [4.69, 9.17) is 0 Å². The van der Waals surface area contributed by atoms with Crippen molar-refractivity contribution in [3.63, 3.8) is 0 Å². The van der Waals surface area contributed by atoms with Crippen molar-refractivity contribution in [2.24, 2.45) is 11.0 Å². The highest BCUT2D eigenvalue weighted by Crippen LogP contribution is 2.14. The van der Waals surface area contributed by atoms with Gasteiger partial charge in [0.05, 0.1) is 11.3 Å². The number of rotatable bonds is 7. The molecule has 2 heterocycles. The molecule has 3 rings (SSSR count). The third-order valence-electron chi connectivity index (χ3n) is 4.65. The maximum absolute atomic E-state index is 12.0. The van der Waals surface area contributed by atoms with Crippen LogP contribution in [0.2, 0.25) is 0 Å². The fraction of sp³-hybridized carbons (Fsp3) is 0.333. The first-order valence-corrected chi connectivity index (χ1v) is 9.25. The summed E-state index contributed by atoms with van der Waals surface area (Å²) in [6, 6.07) is 11.8. The summed E-state index contributed by atoms with van der Waals surface area (Å²) in [5, 5.41) is 7.08. The van der Waals surface area contributed by atoms with Crippen molar-refractivity contribution in [2.45, 2.75) is 32.6 Å². The van der Waals surface area contributed by atoms with Crippen molar-refractivity contribution in [1.82, 2.24) is 15.7 Å². The van der Waals surface area contributed by atoms with Gasteiger partial charge in [-0.3, -0.25) is 14.6 Å². The summed E-state index contributed by atoms with van der Waals surface area (Å²) in [5.74, 6) is 0.267. The molecule has 1 aliphatic heterocycles. The Morgan fingerprint density at radius 2 is 2.04 bits per heavy atom. The minimum atomic E-state index is -0.0837. The summed E-state index contributed by atoms with van der Waals surface area (Å²) >= 11 is 0. The number of hydrazone groups is 1. The van der Waals surface area contributed by atoms with Crippen LogP contribution in [0, 0.1) is 5.92 Å². The zero-order valence-corrected chi connectivity index (χ0v) is 15.4. The number of nitrogens with zero attached hydrogens (tertiary/aromatic N) is 2. The zero-order chi connectivity index (χ0) is 19.1. The lowest BCUT2D eigenvalue weighted by molar-refractivity contribution is -0.121. The first-order valence-electron chi connectivity index (χ1n) is 9.25. The molecule has 1 aliphatic rings. The topological polar surface area (TPSA) is 83.5 Å². The lowest BCUT2D eigenvalue weighted by atomic mass is 9.98. The van der Waals surface area contributed by atoms with Crippen LogP contribution in [0.25, 0.3) is 0 Å². The van der Waals surface area contributed by atoms with Crippen molar-refractivity contribution >= 4 is 17.5 Å². The molecular formula is C21H24N4O2. The first kappa shape index (κ1) is 18.8. The molecule has 2 amide bonds. The predicted octanol–water partition coefficient (Wildman–Crippen LogP) is 2.69. The van der Waals surface area contributed by atoms with E-state index >= 15 is 0 Å². The molecule has 0 saturated carbocycles. The Bertz CT molecular complexity index is 816. The molecule has 1 atom stereocenters. The van der Waals surface area contributed by atoms with E-state index in [0.717, 1.165) is 24.1 Å². The number of hydrogen-bond donors (Lipinski definition) is 2. The largest absolute Gasteiger partial charge is 0.352 e. The highest BCUT2D eigenvalue weighted by Gasteiger charge is 2.13. The Labute approximate surface area is 159 Å². The van der Waals surface area contributed by atoms with Crippen LogP contribution >= 0.6 is 0 Å². The smallest absolute Gasteiger partial charge is 0.252 e. The van der Waals surface area contributed by atoms with Crippen LogP contribution in [-0.2, 0) is 11.2 Å². The van der Waals surface area contributed by atoms with Gasteiger partial charge in [-0.15, -0.1) is 0 Å². The standard InChI is InChI=1S/C21H24N4O2/c1-15(13-23-21(27)18-3-2-12-22-14-18)4-5-16-6-8-17(9-7-16)19-10-11-20(26)25-24-19/h2-3,6-9,12,14-15H,4-5,10-11,13H2,1H3,(H,23,27)(H,25,26).